The molecule has 0 bridgehead atoms. The zero-order valence-corrected chi connectivity index (χ0v) is 16.2. The van der Waals surface area contributed by atoms with Gasteiger partial charge in [0.25, 0.3) is 0 Å². The maximum absolute atomic E-state index is 12.3. The van der Waals surface area contributed by atoms with Crippen molar-refractivity contribution in [1.29, 1.82) is 0 Å². The molecule has 0 aromatic heterocycles. The smallest absolute Gasteiger partial charge is 0.238 e. The SMILES string of the molecule is COc1ccc(NC(=O)Cc2ccc(S(N)(=O)=O)cc2)cc1N1CCCC1=O. The van der Waals surface area contributed by atoms with Gasteiger partial charge in [0.1, 0.15) is 5.75 Å². The third kappa shape index (κ3) is 4.49. The van der Waals surface area contributed by atoms with E-state index in [2.05, 4.69) is 5.32 Å². The number of methoxy groups -OCH3 is 1. The second kappa shape index (κ2) is 7.99. The monoisotopic (exact) mass is 403 g/mol. The van der Waals surface area contributed by atoms with Crippen LogP contribution in [0.25, 0.3) is 0 Å². The molecule has 1 aliphatic heterocycles. The molecule has 1 fully saturated rings. The topological polar surface area (TPSA) is 119 Å². The molecule has 0 spiro atoms. The molecule has 2 aromatic rings. The number of nitrogens with two attached hydrogens (primary N) is 1. The van der Waals surface area contributed by atoms with Gasteiger partial charge in [-0.05, 0) is 42.3 Å². The van der Waals surface area contributed by atoms with Gasteiger partial charge in [-0.3, -0.25) is 9.59 Å². The first kappa shape index (κ1) is 19.8. The lowest BCUT2D eigenvalue weighted by atomic mass is 10.1. The van der Waals surface area contributed by atoms with E-state index in [-0.39, 0.29) is 23.1 Å². The van der Waals surface area contributed by atoms with Gasteiger partial charge in [-0.1, -0.05) is 12.1 Å². The average molecular weight is 403 g/mol. The summed E-state index contributed by atoms with van der Waals surface area (Å²) in [5.41, 5.74) is 1.82. The molecule has 1 saturated heterocycles. The first-order valence-corrected chi connectivity index (χ1v) is 10.2. The summed E-state index contributed by atoms with van der Waals surface area (Å²) in [4.78, 5) is 26.0. The molecular formula is C19H21N3O5S. The van der Waals surface area contributed by atoms with E-state index in [4.69, 9.17) is 9.88 Å². The number of rotatable bonds is 6. The van der Waals surface area contributed by atoms with Gasteiger partial charge in [0, 0.05) is 18.7 Å². The molecule has 8 nitrogen and oxygen atoms in total. The standard InChI is InChI=1S/C19H21N3O5S/c1-27-17-9-6-14(12-16(17)22-10-2-3-19(22)24)21-18(23)11-13-4-7-15(8-5-13)28(20,25)26/h4-9,12H,2-3,10-11H2,1H3,(H,21,23)(H2,20,25,26). The molecule has 0 unspecified atom stereocenters. The van der Waals surface area contributed by atoms with E-state index in [0.29, 0.717) is 35.7 Å². The quantitative estimate of drug-likeness (QED) is 0.760. The Bertz CT molecular complexity index is 1000. The molecule has 3 N–H and O–H groups in total. The predicted octanol–water partition coefficient (Wildman–Crippen LogP) is 1.65. The van der Waals surface area contributed by atoms with Gasteiger partial charge in [-0.25, -0.2) is 13.6 Å². The van der Waals surface area contributed by atoms with Crippen molar-refractivity contribution in [3.8, 4) is 5.75 Å². The summed E-state index contributed by atoms with van der Waals surface area (Å²) in [7, 11) is -2.23. The summed E-state index contributed by atoms with van der Waals surface area (Å²) in [6, 6.07) is 10.9. The van der Waals surface area contributed by atoms with E-state index in [1.165, 1.54) is 19.2 Å². The van der Waals surface area contributed by atoms with Gasteiger partial charge >= 0.3 is 0 Å². The Labute approximate surface area is 163 Å². The van der Waals surface area contributed by atoms with Crippen LogP contribution in [0.4, 0.5) is 11.4 Å². The van der Waals surface area contributed by atoms with Crippen LogP contribution < -0.4 is 20.1 Å². The van der Waals surface area contributed by atoms with Crippen LogP contribution in [-0.2, 0) is 26.0 Å². The Balaban J connectivity index is 1.72. The second-order valence-electron chi connectivity index (χ2n) is 6.45. The highest BCUT2D eigenvalue weighted by Gasteiger charge is 2.25. The highest BCUT2D eigenvalue weighted by Crippen LogP contribution is 2.34. The highest BCUT2D eigenvalue weighted by molar-refractivity contribution is 7.89. The number of carbonyl (C=O) groups is 2. The fraction of sp³-hybridized carbons (Fsp3) is 0.263. The van der Waals surface area contributed by atoms with E-state index >= 15 is 0 Å². The zero-order chi connectivity index (χ0) is 20.3. The largest absolute Gasteiger partial charge is 0.495 e. The normalized spacial score (nSPS) is 14.2. The van der Waals surface area contributed by atoms with Crippen LogP contribution in [0.1, 0.15) is 18.4 Å². The second-order valence-corrected chi connectivity index (χ2v) is 8.01. The Morgan fingerprint density at radius 1 is 1.21 bits per heavy atom. The van der Waals surface area contributed by atoms with Crippen molar-refractivity contribution in [2.24, 2.45) is 5.14 Å². The first-order chi connectivity index (χ1) is 13.3. The van der Waals surface area contributed by atoms with Crippen LogP contribution in [0.2, 0.25) is 0 Å². The molecular weight excluding hydrogens is 382 g/mol. The van der Waals surface area contributed by atoms with E-state index in [9.17, 15) is 18.0 Å². The lowest BCUT2D eigenvalue weighted by Crippen LogP contribution is -2.24. The van der Waals surface area contributed by atoms with Crippen LogP contribution in [0.15, 0.2) is 47.4 Å². The minimum atomic E-state index is -3.77. The molecule has 9 heteroatoms. The molecule has 3 rings (SSSR count). The van der Waals surface area contributed by atoms with Crippen molar-refractivity contribution < 1.29 is 22.7 Å². The van der Waals surface area contributed by atoms with Gasteiger partial charge in [-0.15, -0.1) is 0 Å². The number of carbonyl (C=O) groups excluding carboxylic acids is 2. The summed E-state index contributed by atoms with van der Waals surface area (Å²) in [6.45, 7) is 0.614. The Morgan fingerprint density at radius 2 is 1.93 bits per heavy atom. The predicted molar refractivity (Wildman–Crippen MR) is 105 cm³/mol. The fourth-order valence-electron chi connectivity index (χ4n) is 3.07. The Hall–Kier alpha value is -2.91. The van der Waals surface area contributed by atoms with Gasteiger partial charge in [-0.2, -0.15) is 0 Å². The number of hydrogen-bond acceptors (Lipinski definition) is 5. The van der Waals surface area contributed by atoms with Crippen LogP contribution >= 0.6 is 0 Å². The minimum Gasteiger partial charge on any atom is -0.495 e. The van der Waals surface area contributed by atoms with Gasteiger partial charge in [0.15, 0.2) is 0 Å². The number of nitrogens with zero attached hydrogens (tertiary/aromatic N) is 1. The molecule has 1 heterocycles. The van der Waals surface area contributed by atoms with Gasteiger partial charge in [0.05, 0.1) is 24.1 Å². The highest BCUT2D eigenvalue weighted by atomic mass is 32.2. The molecule has 0 aliphatic carbocycles. The number of amides is 2. The van der Waals surface area contributed by atoms with Crippen molar-refractivity contribution >= 4 is 33.2 Å². The molecule has 0 saturated carbocycles. The lowest BCUT2D eigenvalue weighted by Gasteiger charge is -2.20. The number of benzene rings is 2. The van der Waals surface area contributed by atoms with Crippen molar-refractivity contribution in [1.82, 2.24) is 0 Å². The number of primary sulfonamides is 1. The number of sulfonamides is 1. The van der Waals surface area contributed by atoms with Gasteiger partial charge < -0.3 is 15.0 Å². The molecule has 2 amide bonds. The molecule has 148 valence electrons. The zero-order valence-electron chi connectivity index (χ0n) is 15.3. The fourth-order valence-corrected chi connectivity index (χ4v) is 3.58. The van der Waals surface area contributed by atoms with E-state index in [0.717, 1.165) is 6.42 Å². The third-order valence-corrected chi connectivity index (χ3v) is 5.37. The number of anilines is 2. The summed E-state index contributed by atoms with van der Waals surface area (Å²) >= 11 is 0. The number of ether oxygens (including phenoxy) is 1. The lowest BCUT2D eigenvalue weighted by molar-refractivity contribution is -0.117. The molecule has 0 atom stereocenters. The van der Waals surface area contributed by atoms with Crippen molar-refractivity contribution in [2.75, 3.05) is 23.9 Å². The molecule has 1 aliphatic rings. The minimum absolute atomic E-state index is 0.00765. The Kier molecular flexibility index (Phi) is 5.66. The summed E-state index contributed by atoms with van der Waals surface area (Å²) in [6.07, 6.45) is 1.34. The number of hydrogen-bond donors (Lipinski definition) is 2. The first-order valence-electron chi connectivity index (χ1n) is 8.68. The summed E-state index contributed by atoms with van der Waals surface area (Å²) < 4.78 is 27.9. The average Bonchev–Trinajstić information content (AvgIpc) is 3.07. The maximum Gasteiger partial charge on any atom is 0.238 e. The molecule has 0 radical (unpaired) electrons. The van der Waals surface area contributed by atoms with Crippen LogP contribution in [0, 0.1) is 0 Å². The van der Waals surface area contributed by atoms with E-state index in [1.807, 2.05) is 0 Å². The van der Waals surface area contributed by atoms with Crippen molar-refractivity contribution in [2.45, 2.75) is 24.2 Å². The van der Waals surface area contributed by atoms with Gasteiger partial charge in [0.2, 0.25) is 21.8 Å². The van der Waals surface area contributed by atoms with E-state index < -0.39 is 10.0 Å². The van der Waals surface area contributed by atoms with Crippen LogP contribution in [-0.4, -0.2) is 33.9 Å². The molecule has 28 heavy (non-hydrogen) atoms. The van der Waals surface area contributed by atoms with E-state index in [1.54, 1.807) is 35.2 Å². The summed E-state index contributed by atoms with van der Waals surface area (Å²) in [5, 5.41) is 7.85. The maximum atomic E-state index is 12.3. The van der Waals surface area contributed by atoms with Crippen LogP contribution in [0.5, 0.6) is 5.75 Å². The van der Waals surface area contributed by atoms with Crippen molar-refractivity contribution in [3.05, 3.63) is 48.0 Å². The summed E-state index contributed by atoms with van der Waals surface area (Å²) in [5.74, 6) is 0.316. The number of nitrogens with one attached hydrogen (secondary N) is 1. The Morgan fingerprint density at radius 3 is 2.50 bits per heavy atom. The molecule has 2 aromatic carbocycles. The third-order valence-electron chi connectivity index (χ3n) is 4.44. The van der Waals surface area contributed by atoms with Crippen LogP contribution in [0.3, 0.4) is 0 Å². The van der Waals surface area contributed by atoms with Crippen molar-refractivity contribution in [3.63, 3.8) is 0 Å².